The van der Waals surface area contributed by atoms with E-state index in [1.165, 1.54) is 6.08 Å². The second-order valence-electron chi connectivity index (χ2n) is 2.55. The van der Waals surface area contributed by atoms with Gasteiger partial charge in [-0.05, 0) is 11.6 Å². The monoisotopic (exact) mass is 250 g/mol. The standard InChI is InChI=1S/C9H8O5S.Na/c10-9(14-15(11,12)13)7-6-8-4-2-1-3-5-8;/h1-7H,(H,11,12,13);/q;+1/p-1. The average Bonchev–Trinajstić information content (AvgIpc) is 2.14. The number of hydrogen-bond acceptors (Lipinski definition) is 5. The summed E-state index contributed by atoms with van der Waals surface area (Å²) in [6.07, 6.45) is 2.21. The van der Waals surface area contributed by atoms with Gasteiger partial charge in [-0.15, -0.1) is 0 Å². The van der Waals surface area contributed by atoms with Crippen molar-refractivity contribution in [2.75, 3.05) is 0 Å². The Hall–Kier alpha value is -0.660. The molecule has 0 atom stereocenters. The third-order valence-electron chi connectivity index (χ3n) is 1.40. The SMILES string of the molecule is O=C(C=Cc1ccccc1)OS(=O)(=O)[O-].[Na+]. The van der Waals surface area contributed by atoms with Crippen LogP contribution in [0.1, 0.15) is 5.56 Å². The molecule has 0 heterocycles. The molecular weight excluding hydrogens is 243 g/mol. The van der Waals surface area contributed by atoms with Crippen molar-refractivity contribution in [3.05, 3.63) is 42.0 Å². The van der Waals surface area contributed by atoms with Crippen LogP contribution in [0.5, 0.6) is 0 Å². The van der Waals surface area contributed by atoms with Crippen molar-refractivity contribution in [1.29, 1.82) is 0 Å². The summed E-state index contributed by atoms with van der Waals surface area (Å²) in [7, 11) is -4.98. The van der Waals surface area contributed by atoms with Gasteiger partial charge >= 0.3 is 35.5 Å². The Morgan fingerprint density at radius 3 is 2.31 bits per heavy atom. The Bertz CT molecular complexity index is 466. The topological polar surface area (TPSA) is 83.5 Å². The Labute approximate surface area is 115 Å². The van der Waals surface area contributed by atoms with Gasteiger partial charge in [0.1, 0.15) is 0 Å². The third kappa shape index (κ3) is 6.76. The molecule has 0 aliphatic rings. The summed E-state index contributed by atoms with van der Waals surface area (Å²) < 4.78 is 33.6. The first-order valence-electron chi connectivity index (χ1n) is 3.90. The van der Waals surface area contributed by atoms with Gasteiger partial charge in [-0.2, -0.15) is 0 Å². The van der Waals surface area contributed by atoms with Crippen LogP contribution < -0.4 is 29.6 Å². The van der Waals surface area contributed by atoms with Gasteiger partial charge < -0.3 is 8.74 Å². The smallest absolute Gasteiger partial charge is 0.716 e. The van der Waals surface area contributed by atoms with E-state index < -0.39 is 16.4 Å². The van der Waals surface area contributed by atoms with Gasteiger partial charge in [0, 0.05) is 6.08 Å². The molecule has 0 N–H and O–H groups in total. The number of carbonyl (C=O) groups is 1. The molecule has 0 aliphatic heterocycles. The fraction of sp³-hybridized carbons (Fsp3) is 0. The van der Waals surface area contributed by atoms with Crippen molar-refractivity contribution in [3.8, 4) is 0 Å². The summed E-state index contributed by atoms with van der Waals surface area (Å²) in [5.74, 6) is -1.21. The van der Waals surface area contributed by atoms with Crippen molar-refractivity contribution in [2.45, 2.75) is 0 Å². The number of carbonyl (C=O) groups excluding carboxylic acids is 1. The molecular formula is C9H7NaO5S. The second kappa shape index (κ2) is 6.82. The van der Waals surface area contributed by atoms with Crippen molar-refractivity contribution >= 4 is 22.4 Å². The number of rotatable bonds is 3. The predicted molar refractivity (Wildman–Crippen MR) is 51.3 cm³/mol. The Morgan fingerprint density at radius 2 is 1.81 bits per heavy atom. The van der Waals surface area contributed by atoms with E-state index in [1.54, 1.807) is 30.3 Å². The quantitative estimate of drug-likeness (QED) is 0.261. The van der Waals surface area contributed by atoms with Crippen LogP contribution in [0, 0.1) is 0 Å². The number of hydrogen-bond donors (Lipinski definition) is 0. The van der Waals surface area contributed by atoms with E-state index in [2.05, 4.69) is 4.18 Å². The van der Waals surface area contributed by atoms with Gasteiger partial charge in [-0.25, -0.2) is 13.2 Å². The molecule has 0 fully saturated rings. The van der Waals surface area contributed by atoms with Crippen LogP contribution in [0.15, 0.2) is 36.4 Å². The van der Waals surface area contributed by atoms with Crippen molar-refractivity contribution < 1.29 is 51.5 Å². The van der Waals surface area contributed by atoms with Crippen LogP contribution in [-0.4, -0.2) is 18.9 Å². The molecule has 0 aliphatic carbocycles. The summed E-state index contributed by atoms with van der Waals surface area (Å²) >= 11 is 0. The van der Waals surface area contributed by atoms with Crippen molar-refractivity contribution in [1.82, 2.24) is 0 Å². The van der Waals surface area contributed by atoms with Crippen LogP contribution >= 0.6 is 0 Å². The molecule has 0 radical (unpaired) electrons. The molecule has 0 aromatic heterocycles. The molecule has 16 heavy (non-hydrogen) atoms. The summed E-state index contributed by atoms with van der Waals surface area (Å²) in [5.41, 5.74) is 0.692. The maximum atomic E-state index is 10.7. The van der Waals surface area contributed by atoms with E-state index in [-0.39, 0.29) is 29.6 Å². The van der Waals surface area contributed by atoms with Gasteiger partial charge in [0.05, 0.1) is 0 Å². The molecule has 80 valence electrons. The molecule has 0 unspecified atom stereocenters. The molecule has 0 saturated carbocycles. The first-order valence-corrected chi connectivity index (χ1v) is 5.23. The van der Waals surface area contributed by atoms with Gasteiger partial charge in [0.2, 0.25) is 0 Å². The molecule has 0 amide bonds. The molecule has 5 nitrogen and oxygen atoms in total. The van der Waals surface area contributed by atoms with Gasteiger partial charge in [0.25, 0.3) is 10.4 Å². The fourth-order valence-electron chi connectivity index (χ4n) is 0.857. The van der Waals surface area contributed by atoms with E-state index in [0.29, 0.717) is 5.56 Å². The zero-order valence-electron chi connectivity index (χ0n) is 8.49. The van der Waals surface area contributed by atoms with Crippen LogP contribution in [-0.2, 0) is 19.4 Å². The number of benzene rings is 1. The zero-order valence-corrected chi connectivity index (χ0v) is 11.3. The van der Waals surface area contributed by atoms with Crippen LogP contribution in [0.4, 0.5) is 0 Å². The second-order valence-corrected chi connectivity index (χ2v) is 3.54. The maximum Gasteiger partial charge on any atom is 1.00 e. The zero-order chi connectivity index (χ0) is 11.3. The van der Waals surface area contributed by atoms with Crippen molar-refractivity contribution in [2.24, 2.45) is 0 Å². The molecule has 1 rings (SSSR count). The summed E-state index contributed by atoms with van der Waals surface area (Å²) in [6, 6.07) is 8.69. The van der Waals surface area contributed by atoms with Crippen LogP contribution in [0.2, 0.25) is 0 Å². The molecule has 1 aromatic rings. The molecule has 0 saturated heterocycles. The van der Waals surface area contributed by atoms with E-state index in [4.69, 9.17) is 0 Å². The molecule has 1 aromatic carbocycles. The Morgan fingerprint density at radius 1 is 1.25 bits per heavy atom. The summed E-state index contributed by atoms with van der Waals surface area (Å²) in [5, 5.41) is 0. The largest absolute Gasteiger partial charge is 1.00 e. The fourth-order valence-corrected chi connectivity index (χ4v) is 1.11. The van der Waals surface area contributed by atoms with E-state index in [9.17, 15) is 17.8 Å². The van der Waals surface area contributed by atoms with E-state index in [0.717, 1.165) is 6.08 Å². The molecule has 0 bridgehead atoms. The first-order chi connectivity index (χ1) is 6.97. The normalized spacial score (nSPS) is 10.8. The van der Waals surface area contributed by atoms with Gasteiger partial charge in [-0.1, -0.05) is 30.3 Å². The average molecular weight is 250 g/mol. The van der Waals surface area contributed by atoms with Crippen LogP contribution in [0.25, 0.3) is 6.08 Å². The first kappa shape index (κ1) is 15.3. The summed E-state index contributed by atoms with van der Waals surface area (Å²) in [6.45, 7) is 0. The Balaban J connectivity index is 0.00000225. The molecule has 7 heteroatoms. The Kier molecular flexibility index (Phi) is 6.54. The minimum atomic E-state index is -4.98. The minimum Gasteiger partial charge on any atom is -0.716 e. The van der Waals surface area contributed by atoms with E-state index in [1.807, 2.05) is 0 Å². The summed E-state index contributed by atoms with van der Waals surface area (Å²) in [4.78, 5) is 10.7. The van der Waals surface area contributed by atoms with Gasteiger partial charge in [0.15, 0.2) is 0 Å². The third-order valence-corrected chi connectivity index (χ3v) is 1.76. The van der Waals surface area contributed by atoms with Crippen molar-refractivity contribution in [3.63, 3.8) is 0 Å². The predicted octanol–water partition coefficient (Wildman–Crippen LogP) is -2.29. The minimum absolute atomic E-state index is 0. The maximum absolute atomic E-state index is 10.7. The van der Waals surface area contributed by atoms with Crippen LogP contribution in [0.3, 0.4) is 0 Å². The van der Waals surface area contributed by atoms with Gasteiger partial charge in [-0.3, -0.25) is 0 Å². The molecule has 0 spiro atoms. The van der Waals surface area contributed by atoms with E-state index >= 15 is 0 Å².